The van der Waals surface area contributed by atoms with Crippen molar-refractivity contribution >= 4 is 11.6 Å². The first-order valence-corrected chi connectivity index (χ1v) is 5.17. The molecule has 0 aromatic carbocycles. The van der Waals surface area contributed by atoms with E-state index >= 15 is 0 Å². The Bertz CT molecular complexity index is 347. The molecule has 4 heteroatoms. The van der Waals surface area contributed by atoms with E-state index in [-0.39, 0.29) is 11.8 Å². The number of hydrogen-bond acceptors (Lipinski definition) is 2. The molecule has 0 bridgehead atoms. The number of rotatable bonds is 3. The SMILES string of the molecule is CC(C)C(=O)Nc1cnc[n+](C(C)C)c1. The number of aromatic nitrogens is 2. The predicted molar refractivity (Wildman–Crippen MR) is 58.3 cm³/mol. The minimum absolute atomic E-state index is 0.0123. The molecule has 82 valence electrons. The molecule has 0 atom stereocenters. The van der Waals surface area contributed by atoms with Crippen molar-refractivity contribution in [3.8, 4) is 0 Å². The summed E-state index contributed by atoms with van der Waals surface area (Å²) in [6.45, 7) is 7.86. The van der Waals surface area contributed by atoms with Crippen LogP contribution in [-0.4, -0.2) is 10.9 Å². The Morgan fingerprint density at radius 1 is 1.40 bits per heavy atom. The van der Waals surface area contributed by atoms with Gasteiger partial charge in [0.25, 0.3) is 6.33 Å². The van der Waals surface area contributed by atoms with Crippen molar-refractivity contribution in [2.75, 3.05) is 5.32 Å². The van der Waals surface area contributed by atoms with Gasteiger partial charge >= 0.3 is 0 Å². The molecule has 1 aromatic heterocycles. The molecule has 15 heavy (non-hydrogen) atoms. The molecule has 0 aliphatic carbocycles. The van der Waals surface area contributed by atoms with Crippen LogP contribution in [0.5, 0.6) is 0 Å². The Balaban J connectivity index is 2.78. The molecule has 1 aromatic rings. The fourth-order valence-electron chi connectivity index (χ4n) is 1.05. The first-order chi connectivity index (χ1) is 7.00. The molecule has 0 radical (unpaired) electrons. The largest absolute Gasteiger partial charge is 0.320 e. The highest BCUT2D eigenvalue weighted by Gasteiger charge is 2.10. The summed E-state index contributed by atoms with van der Waals surface area (Å²) in [5.74, 6) is -0.00369. The van der Waals surface area contributed by atoms with Gasteiger partial charge in [-0.2, -0.15) is 0 Å². The third kappa shape index (κ3) is 3.31. The van der Waals surface area contributed by atoms with Gasteiger partial charge in [-0.15, -0.1) is 0 Å². The summed E-state index contributed by atoms with van der Waals surface area (Å²) in [4.78, 5) is 15.5. The monoisotopic (exact) mass is 208 g/mol. The summed E-state index contributed by atoms with van der Waals surface area (Å²) < 4.78 is 1.95. The number of hydrogen-bond donors (Lipinski definition) is 1. The highest BCUT2D eigenvalue weighted by Crippen LogP contribution is 2.04. The molecule has 0 unspecified atom stereocenters. The maximum atomic E-state index is 11.4. The van der Waals surface area contributed by atoms with Gasteiger partial charge in [0.15, 0.2) is 6.20 Å². The number of nitrogens with zero attached hydrogens (tertiary/aromatic N) is 2. The molecular weight excluding hydrogens is 190 g/mol. The molecule has 0 saturated heterocycles. The minimum Gasteiger partial charge on any atom is -0.320 e. The molecule has 1 heterocycles. The van der Waals surface area contributed by atoms with Crippen molar-refractivity contribution in [3.63, 3.8) is 0 Å². The second kappa shape index (κ2) is 4.87. The van der Waals surface area contributed by atoms with Gasteiger partial charge in [0.2, 0.25) is 5.91 Å². The van der Waals surface area contributed by atoms with Gasteiger partial charge in [-0.3, -0.25) is 4.79 Å². The fraction of sp³-hybridized carbons (Fsp3) is 0.545. The first-order valence-electron chi connectivity index (χ1n) is 5.17. The van der Waals surface area contributed by atoms with E-state index < -0.39 is 0 Å². The Morgan fingerprint density at radius 3 is 2.60 bits per heavy atom. The van der Waals surface area contributed by atoms with Crippen molar-refractivity contribution in [1.82, 2.24) is 4.98 Å². The van der Waals surface area contributed by atoms with Crippen LogP contribution in [0, 0.1) is 5.92 Å². The van der Waals surface area contributed by atoms with Crippen molar-refractivity contribution < 1.29 is 9.36 Å². The van der Waals surface area contributed by atoms with E-state index in [0.29, 0.717) is 6.04 Å². The normalized spacial score (nSPS) is 10.8. The van der Waals surface area contributed by atoms with Crippen molar-refractivity contribution in [2.24, 2.45) is 5.92 Å². The Kier molecular flexibility index (Phi) is 3.77. The van der Waals surface area contributed by atoms with E-state index in [2.05, 4.69) is 24.1 Å². The highest BCUT2D eigenvalue weighted by atomic mass is 16.1. The third-order valence-electron chi connectivity index (χ3n) is 2.09. The predicted octanol–water partition coefficient (Wildman–Crippen LogP) is 1.54. The van der Waals surface area contributed by atoms with Gasteiger partial charge in [0.1, 0.15) is 11.9 Å². The molecule has 1 rings (SSSR count). The van der Waals surface area contributed by atoms with Gasteiger partial charge in [0, 0.05) is 5.92 Å². The van der Waals surface area contributed by atoms with Crippen molar-refractivity contribution in [3.05, 3.63) is 18.7 Å². The summed E-state index contributed by atoms with van der Waals surface area (Å²) in [6.07, 6.45) is 5.28. The smallest absolute Gasteiger partial charge is 0.286 e. The third-order valence-corrected chi connectivity index (χ3v) is 2.09. The van der Waals surface area contributed by atoms with Crippen LogP contribution in [-0.2, 0) is 4.79 Å². The number of anilines is 1. The molecule has 0 saturated carbocycles. The lowest BCUT2D eigenvalue weighted by molar-refractivity contribution is -0.718. The molecule has 0 aliphatic rings. The molecule has 0 spiro atoms. The van der Waals surface area contributed by atoms with E-state index in [1.807, 2.05) is 24.6 Å². The average molecular weight is 208 g/mol. The van der Waals surface area contributed by atoms with E-state index in [9.17, 15) is 4.79 Å². The number of amides is 1. The van der Waals surface area contributed by atoms with Crippen LogP contribution in [0.4, 0.5) is 5.69 Å². The maximum Gasteiger partial charge on any atom is 0.286 e. The number of nitrogens with one attached hydrogen (secondary N) is 1. The molecule has 0 fully saturated rings. The second-order valence-electron chi connectivity index (χ2n) is 4.16. The Hall–Kier alpha value is -1.45. The molecule has 4 nitrogen and oxygen atoms in total. The van der Waals surface area contributed by atoms with Crippen LogP contribution in [0.1, 0.15) is 33.7 Å². The van der Waals surface area contributed by atoms with Crippen molar-refractivity contribution in [1.29, 1.82) is 0 Å². The van der Waals surface area contributed by atoms with Crippen LogP contribution in [0.2, 0.25) is 0 Å². The summed E-state index contributed by atoms with van der Waals surface area (Å²) in [7, 11) is 0. The van der Waals surface area contributed by atoms with Crippen LogP contribution < -0.4 is 9.88 Å². The number of carbonyl (C=O) groups is 1. The second-order valence-corrected chi connectivity index (χ2v) is 4.16. The van der Waals surface area contributed by atoms with E-state index in [1.54, 1.807) is 12.5 Å². The summed E-state index contributed by atoms with van der Waals surface area (Å²) in [5, 5.41) is 2.81. The number of carbonyl (C=O) groups excluding carboxylic acids is 1. The summed E-state index contributed by atoms with van der Waals surface area (Å²) in [5.41, 5.74) is 0.741. The first kappa shape index (κ1) is 11.6. The molecule has 0 aliphatic heterocycles. The zero-order chi connectivity index (χ0) is 11.4. The summed E-state index contributed by atoms with van der Waals surface area (Å²) in [6, 6.07) is 0.341. The molecule has 1 N–H and O–H groups in total. The maximum absolute atomic E-state index is 11.4. The van der Waals surface area contributed by atoms with Crippen LogP contribution in [0.15, 0.2) is 18.7 Å². The summed E-state index contributed by atoms with van der Waals surface area (Å²) >= 11 is 0. The van der Waals surface area contributed by atoms with Gasteiger partial charge in [0.05, 0.1) is 6.04 Å². The minimum atomic E-state index is -0.0160. The zero-order valence-electron chi connectivity index (χ0n) is 9.69. The Morgan fingerprint density at radius 2 is 2.07 bits per heavy atom. The topological polar surface area (TPSA) is 45.9 Å². The van der Waals surface area contributed by atoms with Gasteiger partial charge in [-0.05, 0) is 13.8 Å². The van der Waals surface area contributed by atoms with E-state index in [0.717, 1.165) is 5.69 Å². The van der Waals surface area contributed by atoms with Crippen LogP contribution in [0.25, 0.3) is 0 Å². The molecule has 1 amide bonds. The van der Waals surface area contributed by atoms with Gasteiger partial charge in [-0.25, -0.2) is 4.57 Å². The quantitative estimate of drug-likeness (QED) is 0.766. The van der Waals surface area contributed by atoms with Gasteiger partial charge in [-0.1, -0.05) is 18.8 Å². The molecular formula is C11H18N3O+. The fourth-order valence-corrected chi connectivity index (χ4v) is 1.05. The highest BCUT2D eigenvalue weighted by molar-refractivity contribution is 5.91. The van der Waals surface area contributed by atoms with E-state index in [1.165, 1.54) is 0 Å². The lowest BCUT2D eigenvalue weighted by Crippen LogP contribution is -2.36. The lowest BCUT2D eigenvalue weighted by atomic mass is 10.2. The van der Waals surface area contributed by atoms with Crippen LogP contribution in [0.3, 0.4) is 0 Å². The van der Waals surface area contributed by atoms with Crippen molar-refractivity contribution in [2.45, 2.75) is 33.7 Å². The van der Waals surface area contributed by atoms with Crippen LogP contribution >= 0.6 is 0 Å². The average Bonchev–Trinajstić information content (AvgIpc) is 2.18. The van der Waals surface area contributed by atoms with Gasteiger partial charge < -0.3 is 5.32 Å². The standard InChI is InChI=1S/C11H17N3O/c1-8(2)11(15)13-10-5-12-7-14(6-10)9(3)4/h5-9H,1-4H3/p+1. The zero-order valence-corrected chi connectivity index (χ0v) is 9.69. The van der Waals surface area contributed by atoms with E-state index in [4.69, 9.17) is 0 Å². The lowest BCUT2D eigenvalue weighted by Gasteiger charge is -2.07. The Labute approximate surface area is 90.3 Å².